The largest absolute Gasteiger partial charge is 1.00 e. The number of ether oxygens (including phenoxy) is 5. The van der Waals surface area contributed by atoms with Crippen LogP contribution >= 0.6 is 0 Å². The number of aliphatic hydroxyl groups excluding tert-OH is 2. The predicted octanol–water partition coefficient (Wildman–Crippen LogP) is -1.09. The first kappa shape index (κ1) is 61.7. The minimum Gasteiger partial charge on any atom is -0.748 e. The molecule has 0 saturated carbocycles. The van der Waals surface area contributed by atoms with E-state index < -0.39 is 49.2 Å². The van der Waals surface area contributed by atoms with Crippen molar-refractivity contribution >= 4 is 37.5 Å². The number of benzene rings is 5. The summed E-state index contributed by atoms with van der Waals surface area (Å²) in [5.41, 5.74) is 4.27. The molecule has 2 heterocycles. The molecule has 0 saturated heterocycles. The number of hydrogen-bond acceptors (Lipinski definition) is 18. The third kappa shape index (κ3) is 13.8. The number of nitrogens with one attached hydrogen (secondary N) is 2. The minimum atomic E-state index is -5.29. The number of carbonyl (C=O) groups is 1. The molecule has 23 heteroatoms. The van der Waals surface area contributed by atoms with E-state index in [-0.39, 0.29) is 112 Å². The summed E-state index contributed by atoms with van der Waals surface area (Å²) in [5.74, 6) is 0.202. The van der Waals surface area contributed by atoms with Crippen molar-refractivity contribution in [3.63, 3.8) is 0 Å². The van der Waals surface area contributed by atoms with Crippen molar-refractivity contribution < 1.29 is 124 Å². The summed E-state index contributed by atoms with van der Waals surface area (Å²) in [5, 5.41) is 26.2. The molecule has 0 bridgehead atoms. The molecule has 2 aliphatic rings. The van der Waals surface area contributed by atoms with Crippen molar-refractivity contribution in [3.8, 4) is 34.5 Å². The Balaban J connectivity index is 0.00000520. The van der Waals surface area contributed by atoms with Crippen LogP contribution in [-0.4, -0.2) is 139 Å². The van der Waals surface area contributed by atoms with Crippen molar-refractivity contribution in [2.75, 3.05) is 89.5 Å². The van der Waals surface area contributed by atoms with Gasteiger partial charge >= 0.3 is 59.1 Å². The molecule has 0 aromatic heterocycles. The summed E-state index contributed by atoms with van der Waals surface area (Å²) in [6.07, 6.45) is -3.27. The Hall–Kier alpha value is -4.17. The monoisotopic (exact) mass is 1090 g/mol. The molecule has 75 heavy (non-hydrogen) atoms. The van der Waals surface area contributed by atoms with Gasteiger partial charge in [0.05, 0.1) is 30.1 Å². The van der Waals surface area contributed by atoms with Gasteiger partial charge in [0.15, 0.2) is 23.0 Å². The van der Waals surface area contributed by atoms with Crippen molar-refractivity contribution in [3.05, 3.63) is 130 Å². The van der Waals surface area contributed by atoms with Gasteiger partial charge in [0, 0.05) is 99.1 Å². The number of hydrogen-bond donors (Lipinski definition) is 4. The fraction of sp³-hybridized carbons (Fsp3) is 0.404. The van der Waals surface area contributed by atoms with Gasteiger partial charge < -0.3 is 68.3 Å². The number of carbonyl (C=O) groups excluding carboxylic acids is 1. The topological polar surface area (TPSA) is 252 Å². The molecule has 1 spiro atoms. The fourth-order valence-corrected chi connectivity index (χ4v) is 11.1. The summed E-state index contributed by atoms with van der Waals surface area (Å²) in [6, 6.07) is 27.7. The van der Waals surface area contributed by atoms with Gasteiger partial charge in [0.2, 0.25) is 6.29 Å². The average Bonchev–Trinajstić information content (AvgIpc) is 3.60. The zero-order chi connectivity index (χ0) is 52.7. The van der Waals surface area contributed by atoms with E-state index in [1.807, 2.05) is 29.2 Å². The average molecular weight is 1090 g/mol. The van der Waals surface area contributed by atoms with Crippen LogP contribution in [0.2, 0.25) is 0 Å². The third-order valence-corrected chi connectivity index (χ3v) is 14.9. The minimum absolute atomic E-state index is 0. The Labute approximate surface area is 483 Å². The molecular formula is C52H63N5Na2O14S2. The standard InChI is InChI=1S/C52H65N5O14S2.2Na/c1-7-55(8-2)36-17-19-41-45(29-36)70-46-30-37(56(9-3)10-4)18-20-42(46)52(41)40-14-12-11-13-39(40)50(59)57(52)26-25-53-23-24-54-31-38(58)32-69-43-22-16-35(28-48(43)68-6)49(73(64,65)66)51(60)71-44-21-15-34(27-47(44)67-5)33-72(61,62)63;;/h11-22,27-30,38,49,51,53-54,58,60H,7-10,23-26,31-33H2,1-6H3,(H,61,62,63)(H,64,65,66);;/q;2*+1/p-2. The molecule has 7 rings (SSSR count). The van der Waals surface area contributed by atoms with Crippen LogP contribution in [0.15, 0.2) is 97.1 Å². The first-order valence-electron chi connectivity index (χ1n) is 24.1. The zero-order valence-electron chi connectivity index (χ0n) is 43.7. The molecule has 5 aromatic rings. The van der Waals surface area contributed by atoms with Crippen LogP contribution in [0.1, 0.15) is 71.1 Å². The Bertz CT molecular complexity index is 2920. The van der Waals surface area contributed by atoms with Gasteiger partial charge in [-0.2, -0.15) is 0 Å². The maximum absolute atomic E-state index is 14.6. The van der Waals surface area contributed by atoms with E-state index in [2.05, 4.69) is 84.5 Å². The van der Waals surface area contributed by atoms with E-state index in [0.29, 0.717) is 43.2 Å². The van der Waals surface area contributed by atoms with Gasteiger partial charge in [-0.25, -0.2) is 16.8 Å². The van der Waals surface area contributed by atoms with Gasteiger partial charge in [-0.3, -0.25) is 4.79 Å². The van der Waals surface area contributed by atoms with Gasteiger partial charge in [-0.15, -0.1) is 0 Å². The molecule has 19 nitrogen and oxygen atoms in total. The molecule has 394 valence electrons. The van der Waals surface area contributed by atoms with Crippen LogP contribution in [-0.2, 0) is 31.5 Å². The van der Waals surface area contributed by atoms with E-state index in [0.717, 1.165) is 66.4 Å². The molecule has 4 N–H and O–H groups in total. The molecule has 0 fully saturated rings. The SMILES string of the molecule is CCN(CC)c1ccc2c(c1)Oc1cc(N(CC)CC)ccc1C21c2ccccc2C(=O)N1CCNCCNCC(O)COc1ccc(C(C(O)Oc2ccc(CS(=O)(=O)[O-])cc2OC)S(=O)(=O)[O-])cc1OC.[Na+].[Na+]. The Morgan fingerprint density at radius 3 is 1.84 bits per heavy atom. The normalized spacial score (nSPS) is 14.5. The molecular weight excluding hydrogens is 1030 g/mol. The van der Waals surface area contributed by atoms with E-state index in [1.165, 1.54) is 38.5 Å². The number of aliphatic hydroxyl groups is 2. The van der Waals surface area contributed by atoms with Gasteiger partial charge in [-0.05, 0) is 86.8 Å². The maximum atomic E-state index is 14.6. The number of methoxy groups -OCH3 is 2. The quantitative estimate of drug-likeness (QED) is 0.0222. The Morgan fingerprint density at radius 2 is 1.27 bits per heavy atom. The molecule has 5 aromatic carbocycles. The van der Waals surface area contributed by atoms with Gasteiger partial charge in [0.25, 0.3) is 5.91 Å². The van der Waals surface area contributed by atoms with Crippen LogP contribution in [0.4, 0.5) is 11.4 Å². The van der Waals surface area contributed by atoms with E-state index in [9.17, 15) is 40.9 Å². The number of anilines is 2. The number of rotatable bonds is 26. The van der Waals surface area contributed by atoms with Gasteiger partial charge in [0.1, 0.15) is 45.1 Å². The van der Waals surface area contributed by atoms with Crippen LogP contribution < -0.4 is 103 Å². The van der Waals surface area contributed by atoms with Crippen LogP contribution in [0.5, 0.6) is 34.5 Å². The van der Waals surface area contributed by atoms with Crippen LogP contribution in [0.3, 0.4) is 0 Å². The first-order chi connectivity index (χ1) is 34.9. The van der Waals surface area contributed by atoms with E-state index in [4.69, 9.17) is 23.7 Å². The smallest absolute Gasteiger partial charge is 0.748 e. The van der Waals surface area contributed by atoms with Gasteiger partial charge in [-0.1, -0.05) is 42.5 Å². The molecule has 0 aliphatic carbocycles. The van der Waals surface area contributed by atoms with Crippen molar-refractivity contribution in [1.82, 2.24) is 15.5 Å². The number of amides is 1. The summed E-state index contributed by atoms with van der Waals surface area (Å²) in [4.78, 5) is 21.1. The summed E-state index contributed by atoms with van der Waals surface area (Å²) in [7, 11) is -7.45. The number of fused-ring (bicyclic) bond motifs is 6. The second-order valence-corrected chi connectivity index (χ2v) is 20.4. The summed E-state index contributed by atoms with van der Waals surface area (Å²) in [6.45, 7) is 13.5. The zero-order valence-corrected chi connectivity index (χ0v) is 49.3. The number of nitrogens with zero attached hydrogens (tertiary/aromatic N) is 3. The molecule has 2 aliphatic heterocycles. The molecule has 0 radical (unpaired) electrons. The van der Waals surface area contributed by atoms with Crippen molar-refractivity contribution in [2.45, 2.75) is 56.6 Å². The molecule has 1 amide bonds. The second kappa shape index (κ2) is 26.9. The first-order valence-corrected chi connectivity index (χ1v) is 27.1. The third-order valence-electron chi connectivity index (χ3n) is 13.1. The maximum Gasteiger partial charge on any atom is 1.00 e. The predicted molar refractivity (Wildman–Crippen MR) is 273 cm³/mol. The van der Waals surface area contributed by atoms with Crippen molar-refractivity contribution in [1.29, 1.82) is 0 Å². The summed E-state index contributed by atoms with van der Waals surface area (Å²) < 4.78 is 99.8. The Kier molecular flexibility index (Phi) is 22.1. The van der Waals surface area contributed by atoms with Crippen LogP contribution in [0, 0.1) is 0 Å². The Morgan fingerprint density at radius 1 is 0.693 bits per heavy atom. The van der Waals surface area contributed by atoms with E-state index in [1.54, 1.807) is 0 Å². The van der Waals surface area contributed by atoms with E-state index >= 15 is 0 Å². The summed E-state index contributed by atoms with van der Waals surface area (Å²) >= 11 is 0. The van der Waals surface area contributed by atoms with Crippen molar-refractivity contribution in [2.24, 2.45) is 0 Å². The fourth-order valence-electron chi connectivity index (χ4n) is 9.66. The van der Waals surface area contributed by atoms with Crippen LogP contribution in [0.25, 0.3) is 0 Å². The second-order valence-electron chi connectivity index (χ2n) is 17.5. The molecule has 3 atom stereocenters. The molecule has 3 unspecified atom stereocenters.